The number of pyridine rings is 1. The van der Waals surface area contributed by atoms with Crippen molar-refractivity contribution in [3.63, 3.8) is 0 Å². The second kappa shape index (κ2) is 6.98. The van der Waals surface area contributed by atoms with Gasteiger partial charge in [0.25, 0.3) is 5.56 Å². The van der Waals surface area contributed by atoms with Gasteiger partial charge < -0.3 is 5.32 Å². The number of carbonyl (C=O) groups excluding carboxylic acids is 1. The lowest BCUT2D eigenvalue weighted by atomic mass is 10.2. The number of hydrogen-bond acceptors (Lipinski definition) is 4. The summed E-state index contributed by atoms with van der Waals surface area (Å²) in [5.41, 5.74) is 0.780. The van der Waals surface area contributed by atoms with Crippen molar-refractivity contribution in [2.75, 3.05) is 0 Å². The molecule has 1 amide bonds. The number of halogens is 2. The van der Waals surface area contributed by atoms with E-state index < -0.39 is 0 Å². The van der Waals surface area contributed by atoms with Gasteiger partial charge in [0.2, 0.25) is 5.91 Å². The first-order chi connectivity index (χ1) is 11.5. The van der Waals surface area contributed by atoms with Gasteiger partial charge in [-0.15, -0.1) is 0 Å². The van der Waals surface area contributed by atoms with Crippen LogP contribution in [0.25, 0.3) is 11.0 Å². The van der Waals surface area contributed by atoms with Gasteiger partial charge in [-0.1, -0.05) is 29.3 Å². The van der Waals surface area contributed by atoms with Crippen LogP contribution in [0.2, 0.25) is 10.0 Å². The molecule has 6 nitrogen and oxygen atoms in total. The largest absolute Gasteiger partial charge is 0.350 e. The Hall–Kier alpha value is -2.44. The van der Waals surface area contributed by atoms with E-state index in [4.69, 9.17) is 23.2 Å². The molecule has 0 bridgehead atoms. The Labute approximate surface area is 147 Å². The fraction of sp³-hybridized carbons (Fsp3) is 0.125. The van der Waals surface area contributed by atoms with Crippen LogP contribution < -0.4 is 10.9 Å². The summed E-state index contributed by atoms with van der Waals surface area (Å²) >= 11 is 11.9. The van der Waals surface area contributed by atoms with Gasteiger partial charge in [0.05, 0.1) is 5.39 Å². The monoisotopic (exact) mass is 362 g/mol. The predicted molar refractivity (Wildman–Crippen MR) is 92.1 cm³/mol. The van der Waals surface area contributed by atoms with Crippen LogP contribution in [0.5, 0.6) is 0 Å². The van der Waals surface area contributed by atoms with Gasteiger partial charge >= 0.3 is 0 Å². The fourth-order valence-electron chi connectivity index (χ4n) is 2.18. The van der Waals surface area contributed by atoms with E-state index in [-0.39, 0.29) is 24.6 Å². The molecule has 3 rings (SSSR count). The third-order valence-electron chi connectivity index (χ3n) is 3.40. The maximum absolute atomic E-state index is 12.3. The molecule has 0 aliphatic heterocycles. The van der Waals surface area contributed by atoms with Gasteiger partial charge in [-0.25, -0.2) is 9.97 Å². The van der Waals surface area contributed by atoms with E-state index in [1.165, 1.54) is 10.9 Å². The Morgan fingerprint density at radius 2 is 2.04 bits per heavy atom. The summed E-state index contributed by atoms with van der Waals surface area (Å²) < 4.78 is 1.24. The van der Waals surface area contributed by atoms with E-state index in [0.29, 0.717) is 21.1 Å². The highest BCUT2D eigenvalue weighted by Crippen LogP contribution is 2.20. The highest BCUT2D eigenvalue weighted by Gasteiger charge is 2.09. The number of fused-ring (bicyclic) bond motifs is 1. The van der Waals surface area contributed by atoms with Crippen LogP contribution in [0.3, 0.4) is 0 Å². The molecule has 0 spiro atoms. The number of benzene rings is 1. The van der Waals surface area contributed by atoms with Gasteiger partial charge in [0.15, 0.2) is 5.65 Å². The predicted octanol–water partition coefficient (Wildman–Crippen LogP) is 2.41. The van der Waals surface area contributed by atoms with Gasteiger partial charge in [-0.2, -0.15) is 0 Å². The van der Waals surface area contributed by atoms with E-state index in [1.54, 1.807) is 36.5 Å². The standard InChI is InChI=1S/C16H12Cl2N4O2/c17-11-4-3-10(13(18)6-11)7-20-14(23)8-22-9-21-15-12(16(22)24)2-1-5-19-15/h1-6,9H,7-8H2,(H,20,23). The molecule has 3 aromatic rings. The number of carbonyl (C=O) groups is 1. The Morgan fingerprint density at radius 3 is 2.83 bits per heavy atom. The molecule has 0 unspecified atom stereocenters. The molecule has 0 aliphatic carbocycles. The topological polar surface area (TPSA) is 76.9 Å². The molecular formula is C16H12Cl2N4O2. The Morgan fingerprint density at radius 1 is 1.21 bits per heavy atom. The number of aromatic nitrogens is 3. The summed E-state index contributed by atoms with van der Waals surface area (Å²) in [5.74, 6) is -0.326. The number of hydrogen-bond donors (Lipinski definition) is 1. The van der Waals surface area contributed by atoms with Crippen LogP contribution in [0, 0.1) is 0 Å². The van der Waals surface area contributed by atoms with Crippen LogP contribution in [-0.4, -0.2) is 20.4 Å². The van der Waals surface area contributed by atoms with Gasteiger partial charge in [-0.3, -0.25) is 14.2 Å². The summed E-state index contributed by atoms with van der Waals surface area (Å²) in [6.07, 6.45) is 2.87. The maximum Gasteiger partial charge on any atom is 0.263 e. The number of nitrogens with zero attached hydrogens (tertiary/aromatic N) is 3. The molecule has 2 heterocycles. The molecule has 24 heavy (non-hydrogen) atoms. The molecule has 8 heteroatoms. The van der Waals surface area contributed by atoms with Crippen LogP contribution in [0.4, 0.5) is 0 Å². The zero-order valence-corrected chi connectivity index (χ0v) is 13.9. The first-order valence-electron chi connectivity index (χ1n) is 7.05. The average Bonchev–Trinajstić information content (AvgIpc) is 2.57. The van der Waals surface area contributed by atoms with Crippen molar-refractivity contribution in [1.82, 2.24) is 19.9 Å². The van der Waals surface area contributed by atoms with Crippen molar-refractivity contribution in [3.05, 3.63) is 68.8 Å². The van der Waals surface area contributed by atoms with E-state index in [0.717, 1.165) is 5.56 Å². The van der Waals surface area contributed by atoms with Crippen molar-refractivity contribution in [2.45, 2.75) is 13.1 Å². The highest BCUT2D eigenvalue weighted by molar-refractivity contribution is 6.35. The van der Waals surface area contributed by atoms with E-state index in [9.17, 15) is 9.59 Å². The highest BCUT2D eigenvalue weighted by atomic mass is 35.5. The minimum atomic E-state index is -0.326. The Kier molecular flexibility index (Phi) is 4.78. The van der Waals surface area contributed by atoms with Crippen LogP contribution in [-0.2, 0) is 17.9 Å². The normalized spacial score (nSPS) is 10.8. The SMILES string of the molecule is O=C(Cn1cnc2ncccc2c1=O)NCc1ccc(Cl)cc1Cl. The first-order valence-corrected chi connectivity index (χ1v) is 7.81. The second-order valence-electron chi connectivity index (χ2n) is 5.06. The lowest BCUT2D eigenvalue weighted by molar-refractivity contribution is -0.121. The van der Waals surface area contributed by atoms with Gasteiger partial charge in [0, 0.05) is 22.8 Å². The molecule has 122 valence electrons. The van der Waals surface area contributed by atoms with Crippen molar-refractivity contribution >= 4 is 40.1 Å². The summed E-state index contributed by atoms with van der Waals surface area (Å²) in [6.45, 7) is 0.105. The minimum Gasteiger partial charge on any atom is -0.350 e. The Balaban J connectivity index is 1.71. The molecule has 0 saturated heterocycles. The van der Waals surface area contributed by atoms with Gasteiger partial charge in [-0.05, 0) is 29.8 Å². The molecule has 1 aromatic carbocycles. The second-order valence-corrected chi connectivity index (χ2v) is 5.91. The van der Waals surface area contributed by atoms with Crippen molar-refractivity contribution < 1.29 is 4.79 Å². The minimum absolute atomic E-state index is 0.137. The summed E-state index contributed by atoms with van der Waals surface area (Å²) in [5, 5.41) is 4.08. The molecule has 0 fully saturated rings. The van der Waals surface area contributed by atoms with Crippen LogP contribution >= 0.6 is 23.2 Å². The molecule has 0 saturated carbocycles. The van der Waals surface area contributed by atoms with E-state index in [1.807, 2.05) is 0 Å². The Bertz CT molecular complexity index is 972. The smallest absolute Gasteiger partial charge is 0.263 e. The number of amides is 1. The third kappa shape index (κ3) is 3.55. The van der Waals surface area contributed by atoms with E-state index >= 15 is 0 Å². The number of rotatable bonds is 4. The zero-order valence-electron chi connectivity index (χ0n) is 12.4. The third-order valence-corrected chi connectivity index (χ3v) is 3.99. The molecule has 2 aromatic heterocycles. The van der Waals surface area contributed by atoms with Crippen molar-refractivity contribution in [1.29, 1.82) is 0 Å². The van der Waals surface area contributed by atoms with Gasteiger partial charge in [0.1, 0.15) is 12.9 Å². The van der Waals surface area contributed by atoms with Crippen molar-refractivity contribution in [3.8, 4) is 0 Å². The molecular weight excluding hydrogens is 351 g/mol. The lowest BCUT2D eigenvalue weighted by Gasteiger charge is -2.09. The van der Waals surface area contributed by atoms with Crippen LogP contribution in [0.1, 0.15) is 5.56 Å². The van der Waals surface area contributed by atoms with Crippen LogP contribution in [0.15, 0.2) is 47.7 Å². The van der Waals surface area contributed by atoms with Crippen molar-refractivity contribution in [2.24, 2.45) is 0 Å². The fourth-order valence-corrected chi connectivity index (χ4v) is 2.66. The summed E-state index contributed by atoms with van der Waals surface area (Å²) in [6, 6.07) is 8.31. The summed E-state index contributed by atoms with van der Waals surface area (Å²) in [4.78, 5) is 32.4. The molecule has 1 N–H and O–H groups in total. The zero-order chi connectivity index (χ0) is 17.1. The number of nitrogens with one attached hydrogen (secondary N) is 1. The maximum atomic E-state index is 12.3. The first kappa shape index (κ1) is 16.4. The quantitative estimate of drug-likeness (QED) is 0.772. The summed E-state index contributed by atoms with van der Waals surface area (Å²) in [7, 11) is 0. The average molecular weight is 363 g/mol. The molecule has 0 radical (unpaired) electrons. The lowest BCUT2D eigenvalue weighted by Crippen LogP contribution is -2.32. The van der Waals surface area contributed by atoms with E-state index in [2.05, 4.69) is 15.3 Å². The molecule has 0 atom stereocenters. The molecule has 0 aliphatic rings.